The normalized spacial score (nSPS) is 10.8. The van der Waals surface area contributed by atoms with Crippen LogP contribution >= 0.6 is 0 Å². The van der Waals surface area contributed by atoms with E-state index in [-0.39, 0.29) is 17.2 Å². The van der Waals surface area contributed by atoms with Gasteiger partial charge in [0.1, 0.15) is 11.5 Å². The highest BCUT2D eigenvalue weighted by Crippen LogP contribution is 2.16. The molecule has 2 N–H and O–H groups in total. The number of hydrogen-bond donors (Lipinski definition) is 2. The topological polar surface area (TPSA) is 97.1 Å². The number of fused-ring (bicyclic) bond motifs is 1. The van der Waals surface area contributed by atoms with Crippen molar-refractivity contribution in [2.75, 3.05) is 6.54 Å². The van der Waals surface area contributed by atoms with Gasteiger partial charge in [-0.05, 0) is 38.1 Å². The van der Waals surface area contributed by atoms with E-state index in [0.717, 1.165) is 23.4 Å². The zero-order chi connectivity index (χ0) is 18.7. The Balaban J connectivity index is 1.67. The third kappa shape index (κ3) is 3.42. The highest BCUT2D eigenvalue weighted by atomic mass is 16.4. The second-order valence-electron chi connectivity index (χ2n) is 5.90. The molecule has 0 aliphatic rings. The summed E-state index contributed by atoms with van der Waals surface area (Å²) in [6.45, 7) is 4.86. The fraction of sp³-hybridized carbons (Fsp3) is 0.263. The molecule has 0 saturated heterocycles. The number of nitrogens with zero attached hydrogens (tertiary/aromatic N) is 3. The molecule has 26 heavy (non-hydrogen) atoms. The predicted octanol–water partition coefficient (Wildman–Crippen LogP) is 2.43. The van der Waals surface area contributed by atoms with Gasteiger partial charge in [0.25, 0.3) is 5.91 Å². The lowest BCUT2D eigenvalue weighted by atomic mass is 10.2. The number of pyridine rings is 1. The molecule has 0 radical (unpaired) electrons. The summed E-state index contributed by atoms with van der Waals surface area (Å²) in [5, 5.41) is 11.8. The third-order valence-corrected chi connectivity index (χ3v) is 4.23. The molecule has 0 saturated carbocycles. The first kappa shape index (κ1) is 17.6. The monoisotopic (exact) mass is 352 g/mol. The SMILES string of the molecule is CCn1c(CCNC(=O)c2ccc(C(=O)O)c(C)n2)nc2ccccc21. The fourth-order valence-corrected chi connectivity index (χ4v) is 2.96. The minimum absolute atomic E-state index is 0.0956. The van der Waals surface area contributed by atoms with E-state index >= 15 is 0 Å². The van der Waals surface area contributed by atoms with Gasteiger partial charge in [0, 0.05) is 19.5 Å². The van der Waals surface area contributed by atoms with Crippen molar-refractivity contribution in [1.29, 1.82) is 0 Å². The predicted molar refractivity (Wildman–Crippen MR) is 97.4 cm³/mol. The average Bonchev–Trinajstić information content (AvgIpc) is 2.98. The number of hydrogen-bond acceptors (Lipinski definition) is 4. The number of aromatic carboxylic acids is 1. The molecule has 1 amide bonds. The lowest BCUT2D eigenvalue weighted by molar-refractivity contribution is 0.0694. The number of imidazole rings is 1. The Hall–Kier alpha value is -3.22. The Morgan fingerprint density at radius 3 is 2.62 bits per heavy atom. The minimum atomic E-state index is -1.06. The molecule has 0 spiro atoms. The van der Waals surface area contributed by atoms with Gasteiger partial charge in [-0.2, -0.15) is 0 Å². The molecule has 2 aromatic heterocycles. The largest absolute Gasteiger partial charge is 0.478 e. The van der Waals surface area contributed by atoms with Crippen molar-refractivity contribution in [2.45, 2.75) is 26.8 Å². The van der Waals surface area contributed by atoms with E-state index in [4.69, 9.17) is 5.11 Å². The van der Waals surface area contributed by atoms with Gasteiger partial charge in [0.2, 0.25) is 0 Å². The van der Waals surface area contributed by atoms with Crippen LogP contribution in [0.25, 0.3) is 11.0 Å². The van der Waals surface area contributed by atoms with Crippen LogP contribution in [-0.4, -0.2) is 38.1 Å². The first-order chi connectivity index (χ1) is 12.5. The van der Waals surface area contributed by atoms with Crippen LogP contribution < -0.4 is 5.32 Å². The Morgan fingerprint density at radius 2 is 1.92 bits per heavy atom. The van der Waals surface area contributed by atoms with Gasteiger partial charge in [-0.3, -0.25) is 4.79 Å². The van der Waals surface area contributed by atoms with E-state index in [2.05, 4.69) is 26.8 Å². The molecular weight excluding hydrogens is 332 g/mol. The maximum atomic E-state index is 12.2. The summed E-state index contributed by atoms with van der Waals surface area (Å²) in [6.07, 6.45) is 0.598. The standard InChI is InChI=1S/C19H20N4O3/c1-3-23-16-7-5-4-6-14(16)22-17(23)10-11-20-18(24)15-9-8-13(19(25)26)12(2)21-15/h4-9H,3,10-11H2,1-2H3,(H,20,24)(H,25,26). The van der Waals surface area contributed by atoms with Gasteiger partial charge in [0.05, 0.1) is 22.3 Å². The molecule has 0 aliphatic carbocycles. The minimum Gasteiger partial charge on any atom is -0.478 e. The van der Waals surface area contributed by atoms with Crippen molar-refractivity contribution in [1.82, 2.24) is 19.9 Å². The van der Waals surface area contributed by atoms with E-state index in [1.165, 1.54) is 12.1 Å². The molecule has 0 bridgehead atoms. The number of amides is 1. The summed E-state index contributed by atoms with van der Waals surface area (Å²) in [7, 11) is 0. The second-order valence-corrected chi connectivity index (χ2v) is 5.90. The van der Waals surface area contributed by atoms with Gasteiger partial charge in [-0.1, -0.05) is 12.1 Å². The Bertz CT molecular complexity index is 978. The number of carboxylic acid groups (broad SMARTS) is 1. The molecule has 3 aromatic rings. The molecule has 1 aromatic carbocycles. The van der Waals surface area contributed by atoms with Crippen LogP contribution in [0.5, 0.6) is 0 Å². The molecule has 134 valence electrons. The number of rotatable bonds is 6. The Kier molecular flexibility index (Phi) is 4.97. The molecule has 0 aliphatic heterocycles. The maximum Gasteiger partial charge on any atom is 0.337 e. The van der Waals surface area contributed by atoms with Gasteiger partial charge < -0.3 is 15.0 Å². The van der Waals surface area contributed by atoms with Crippen molar-refractivity contribution >= 4 is 22.9 Å². The average molecular weight is 352 g/mol. The van der Waals surface area contributed by atoms with Crippen molar-refractivity contribution < 1.29 is 14.7 Å². The first-order valence-corrected chi connectivity index (χ1v) is 8.44. The Morgan fingerprint density at radius 1 is 1.15 bits per heavy atom. The fourth-order valence-electron chi connectivity index (χ4n) is 2.96. The van der Waals surface area contributed by atoms with Crippen LogP contribution in [0.2, 0.25) is 0 Å². The van der Waals surface area contributed by atoms with Gasteiger partial charge in [-0.25, -0.2) is 14.8 Å². The van der Waals surface area contributed by atoms with Gasteiger partial charge >= 0.3 is 5.97 Å². The molecule has 0 fully saturated rings. The first-order valence-electron chi connectivity index (χ1n) is 8.44. The molecule has 7 nitrogen and oxygen atoms in total. The molecule has 3 rings (SSSR count). The van der Waals surface area contributed by atoms with E-state index < -0.39 is 5.97 Å². The maximum absolute atomic E-state index is 12.2. The zero-order valence-corrected chi connectivity index (χ0v) is 14.7. The van der Waals surface area contributed by atoms with Crippen LogP contribution in [0.1, 0.15) is 39.3 Å². The van der Waals surface area contributed by atoms with E-state index in [0.29, 0.717) is 18.7 Å². The van der Waals surface area contributed by atoms with Crippen molar-refractivity contribution in [2.24, 2.45) is 0 Å². The van der Waals surface area contributed by atoms with E-state index in [9.17, 15) is 9.59 Å². The highest BCUT2D eigenvalue weighted by molar-refractivity contribution is 5.94. The Labute approximate surface area is 150 Å². The van der Waals surface area contributed by atoms with Crippen LogP contribution in [0, 0.1) is 6.92 Å². The smallest absolute Gasteiger partial charge is 0.337 e. The van der Waals surface area contributed by atoms with E-state index in [1.54, 1.807) is 6.92 Å². The number of para-hydroxylation sites is 2. The number of aryl methyl sites for hydroxylation is 2. The van der Waals surface area contributed by atoms with Crippen LogP contribution in [0.4, 0.5) is 0 Å². The number of benzene rings is 1. The summed E-state index contributed by atoms with van der Waals surface area (Å²) in [5.74, 6) is -0.469. The molecule has 7 heteroatoms. The lowest BCUT2D eigenvalue weighted by Gasteiger charge is -2.08. The van der Waals surface area contributed by atoms with Crippen molar-refractivity contribution in [3.8, 4) is 0 Å². The van der Waals surface area contributed by atoms with Crippen molar-refractivity contribution in [3.05, 3.63) is 59.2 Å². The molecular formula is C19H20N4O3. The number of carbonyl (C=O) groups excluding carboxylic acids is 1. The quantitative estimate of drug-likeness (QED) is 0.710. The van der Waals surface area contributed by atoms with Crippen LogP contribution in [0.15, 0.2) is 36.4 Å². The van der Waals surface area contributed by atoms with Crippen LogP contribution in [-0.2, 0) is 13.0 Å². The van der Waals surface area contributed by atoms with Crippen LogP contribution in [0.3, 0.4) is 0 Å². The highest BCUT2D eigenvalue weighted by Gasteiger charge is 2.14. The number of carboxylic acids is 1. The van der Waals surface area contributed by atoms with E-state index in [1.807, 2.05) is 24.3 Å². The third-order valence-electron chi connectivity index (χ3n) is 4.23. The molecule has 2 heterocycles. The summed E-state index contributed by atoms with van der Waals surface area (Å²) in [5.41, 5.74) is 2.64. The van der Waals surface area contributed by atoms with Gasteiger partial charge in [0.15, 0.2) is 0 Å². The zero-order valence-electron chi connectivity index (χ0n) is 14.7. The molecule has 0 unspecified atom stereocenters. The molecule has 0 atom stereocenters. The van der Waals surface area contributed by atoms with Gasteiger partial charge in [-0.15, -0.1) is 0 Å². The summed E-state index contributed by atoms with van der Waals surface area (Å²) >= 11 is 0. The number of nitrogens with one attached hydrogen (secondary N) is 1. The lowest BCUT2D eigenvalue weighted by Crippen LogP contribution is -2.27. The summed E-state index contributed by atoms with van der Waals surface area (Å²) in [6, 6.07) is 10.8. The second kappa shape index (κ2) is 7.35. The number of aromatic nitrogens is 3. The van der Waals surface area contributed by atoms with Crippen molar-refractivity contribution in [3.63, 3.8) is 0 Å². The number of carbonyl (C=O) groups is 2. The summed E-state index contributed by atoms with van der Waals surface area (Å²) in [4.78, 5) is 32.0. The summed E-state index contributed by atoms with van der Waals surface area (Å²) < 4.78 is 2.13.